The first kappa shape index (κ1) is 26.6. The maximum Gasteiger partial charge on any atom is 0.492 e. The van der Waals surface area contributed by atoms with Gasteiger partial charge in [-0.1, -0.05) is 54.6 Å². The molecule has 0 saturated carbocycles. The Morgan fingerprint density at radius 2 is 1.51 bits per heavy atom. The molecule has 0 atom stereocenters. The number of hydrogen-bond donors (Lipinski definition) is 2. The number of hydrogen-bond acceptors (Lipinski definition) is 7. The van der Waals surface area contributed by atoms with E-state index in [-0.39, 0.29) is 24.9 Å². The van der Waals surface area contributed by atoms with Gasteiger partial charge in [0, 0.05) is 30.4 Å². The summed E-state index contributed by atoms with van der Waals surface area (Å²) in [5.74, 6) is -1.57. The largest absolute Gasteiger partial charge is 0.492 e. The summed E-state index contributed by atoms with van der Waals surface area (Å²) in [4.78, 5) is 31.7. The van der Waals surface area contributed by atoms with Crippen LogP contribution in [0, 0.1) is 0 Å². The molecule has 2 heterocycles. The molecule has 0 bridgehead atoms. The van der Waals surface area contributed by atoms with Crippen molar-refractivity contribution in [3.05, 3.63) is 88.9 Å². The molecule has 3 aromatic rings. The molecule has 9 nitrogen and oxygen atoms in total. The maximum absolute atomic E-state index is 12.8. The van der Waals surface area contributed by atoms with Crippen LogP contribution in [0.15, 0.2) is 66.4 Å². The van der Waals surface area contributed by atoms with Gasteiger partial charge in [0.05, 0.1) is 11.2 Å². The Labute approximate surface area is 227 Å². The molecule has 39 heavy (non-hydrogen) atoms. The molecule has 10 heteroatoms. The van der Waals surface area contributed by atoms with Crippen molar-refractivity contribution in [2.75, 3.05) is 13.2 Å². The van der Waals surface area contributed by atoms with Gasteiger partial charge in [0.15, 0.2) is 0 Å². The van der Waals surface area contributed by atoms with E-state index in [4.69, 9.17) is 19.2 Å². The Morgan fingerprint density at radius 3 is 2.05 bits per heavy atom. The molecule has 2 N–H and O–H groups in total. The lowest BCUT2D eigenvalue weighted by Gasteiger charge is -2.32. The van der Waals surface area contributed by atoms with Crippen molar-refractivity contribution in [1.29, 1.82) is 0 Å². The second-order valence-corrected chi connectivity index (χ2v) is 10.6. The lowest BCUT2D eigenvalue weighted by molar-refractivity contribution is 0.00578. The molecule has 200 valence electrons. The number of aromatic carboxylic acids is 1. The fraction of sp³-hybridized carbons (Fsp3) is 0.310. The van der Waals surface area contributed by atoms with Crippen LogP contribution in [-0.4, -0.2) is 58.6 Å². The normalized spacial score (nSPS) is 17.4. The first-order chi connectivity index (χ1) is 18.6. The fourth-order valence-electron chi connectivity index (χ4n) is 4.76. The van der Waals surface area contributed by atoms with Crippen LogP contribution in [0.3, 0.4) is 0 Å². The monoisotopic (exact) mass is 527 g/mol. The molecule has 2 aliphatic rings. The number of alkyl carbamates (subject to hydrolysis) is 1. The Morgan fingerprint density at radius 1 is 0.974 bits per heavy atom. The second kappa shape index (κ2) is 10.3. The van der Waals surface area contributed by atoms with Crippen molar-refractivity contribution in [1.82, 2.24) is 15.3 Å². The summed E-state index contributed by atoms with van der Waals surface area (Å²) in [6.07, 6.45) is 3.94. The van der Waals surface area contributed by atoms with Crippen LogP contribution in [0.1, 0.15) is 60.9 Å². The number of fused-ring (bicyclic) bond motifs is 3. The summed E-state index contributed by atoms with van der Waals surface area (Å²) in [5.41, 5.74) is 4.54. The zero-order valence-electron chi connectivity index (χ0n) is 22.3. The lowest BCUT2D eigenvalue weighted by Crippen LogP contribution is -2.41. The van der Waals surface area contributed by atoms with E-state index in [9.17, 15) is 9.59 Å². The zero-order chi connectivity index (χ0) is 27.8. The average molecular weight is 527 g/mol. The lowest BCUT2D eigenvalue weighted by atomic mass is 9.77. The van der Waals surface area contributed by atoms with Gasteiger partial charge in [0.1, 0.15) is 6.61 Å². The van der Waals surface area contributed by atoms with Crippen molar-refractivity contribution in [2.24, 2.45) is 0 Å². The number of nitrogens with zero attached hydrogens (tertiary/aromatic N) is 2. The van der Waals surface area contributed by atoms with Crippen LogP contribution >= 0.6 is 0 Å². The summed E-state index contributed by atoms with van der Waals surface area (Å²) in [5, 5.41) is 11.9. The van der Waals surface area contributed by atoms with Crippen LogP contribution in [0.4, 0.5) is 4.79 Å². The summed E-state index contributed by atoms with van der Waals surface area (Å²) in [6, 6.07) is 16.3. The number of rotatable bonds is 7. The topological polar surface area (TPSA) is 120 Å². The van der Waals surface area contributed by atoms with Crippen molar-refractivity contribution in [2.45, 2.75) is 44.8 Å². The predicted molar refractivity (Wildman–Crippen MR) is 146 cm³/mol. The van der Waals surface area contributed by atoms with E-state index >= 15 is 0 Å². The minimum atomic E-state index is -1.21. The van der Waals surface area contributed by atoms with E-state index in [0.29, 0.717) is 11.0 Å². The number of amides is 1. The van der Waals surface area contributed by atoms with Gasteiger partial charge in [-0.3, -0.25) is 0 Å². The molecule has 0 spiro atoms. The summed E-state index contributed by atoms with van der Waals surface area (Å²) in [6.45, 7) is 8.03. The number of carbonyl (C=O) groups is 2. The van der Waals surface area contributed by atoms with Gasteiger partial charge in [-0.25, -0.2) is 19.6 Å². The molecule has 2 aromatic carbocycles. The van der Waals surface area contributed by atoms with E-state index in [2.05, 4.69) is 39.6 Å². The quantitative estimate of drug-likeness (QED) is 0.424. The molecule has 1 aliphatic heterocycles. The molecule has 1 fully saturated rings. The number of benzene rings is 2. The standard InChI is InChI=1S/C29H30BN3O6/c1-28(2)29(3,4)39-30(38-28)19(13-18-14-31-25(26(34)35)32-15-18)16-33-27(36)37-17-24-22-11-7-5-9-20(22)21-10-6-8-12-23(21)24/h5-15,24H,16-17H2,1-4H3,(H,33,36)(H,34,35). The van der Waals surface area contributed by atoms with Crippen molar-refractivity contribution in [3.63, 3.8) is 0 Å². The van der Waals surface area contributed by atoms with Crippen molar-refractivity contribution >= 4 is 25.3 Å². The van der Waals surface area contributed by atoms with E-state index in [1.807, 2.05) is 52.0 Å². The van der Waals surface area contributed by atoms with Crippen LogP contribution in [-0.2, 0) is 14.0 Å². The fourth-order valence-corrected chi connectivity index (χ4v) is 4.76. The highest BCUT2D eigenvalue weighted by Gasteiger charge is 2.52. The predicted octanol–water partition coefficient (Wildman–Crippen LogP) is 4.73. The van der Waals surface area contributed by atoms with Gasteiger partial charge >= 0.3 is 19.2 Å². The molecule has 1 saturated heterocycles. The van der Waals surface area contributed by atoms with Crippen LogP contribution in [0.25, 0.3) is 17.2 Å². The highest BCUT2D eigenvalue weighted by molar-refractivity contribution is 6.56. The van der Waals surface area contributed by atoms with Crippen LogP contribution < -0.4 is 5.32 Å². The van der Waals surface area contributed by atoms with Crippen molar-refractivity contribution < 1.29 is 28.7 Å². The van der Waals surface area contributed by atoms with Gasteiger partial charge in [0.25, 0.3) is 0 Å². The SMILES string of the molecule is CC1(C)OB(C(=Cc2cnc(C(=O)O)nc2)CNC(=O)OCC2c3ccccc3-c3ccccc32)OC1(C)C. The minimum Gasteiger partial charge on any atom is -0.475 e. The third-order valence-corrected chi connectivity index (χ3v) is 7.55. The average Bonchev–Trinajstić information content (AvgIpc) is 3.34. The maximum atomic E-state index is 12.8. The smallest absolute Gasteiger partial charge is 0.475 e. The van der Waals surface area contributed by atoms with Crippen molar-refractivity contribution in [3.8, 4) is 11.1 Å². The van der Waals surface area contributed by atoms with Gasteiger partial charge in [-0.15, -0.1) is 0 Å². The molecule has 0 radical (unpaired) electrons. The summed E-state index contributed by atoms with van der Waals surface area (Å²) >= 11 is 0. The first-order valence-corrected chi connectivity index (χ1v) is 12.8. The van der Waals surface area contributed by atoms with E-state index < -0.39 is 30.4 Å². The van der Waals surface area contributed by atoms with E-state index in [0.717, 1.165) is 22.3 Å². The summed E-state index contributed by atoms with van der Waals surface area (Å²) in [7, 11) is -0.747. The van der Waals surface area contributed by atoms with Gasteiger partial charge < -0.3 is 24.5 Å². The number of aromatic nitrogens is 2. The number of carboxylic acids is 1. The molecule has 0 unspecified atom stereocenters. The third kappa shape index (κ3) is 5.30. The van der Waals surface area contributed by atoms with E-state index in [1.165, 1.54) is 12.4 Å². The van der Waals surface area contributed by atoms with Crippen LogP contribution in [0.2, 0.25) is 0 Å². The Bertz CT molecular complexity index is 1380. The Kier molecular flexibility index (Phi) is 7.01. The van der Waals surface area contributed by atoms with Gasteiger partial charge in [0.2, 0.25) is 5.82 Å². The minimum absolute atomic E-state index is 0.0499. The number of carbonyl (C=O) groups excluding carboxylic acids is 1. The Hall–Kier alpha value is -4.02. The third-order valence-electron chi connectivity index (χ3n) is 7.55. The molecule has 1 aromatic heterocycles. The molecule has 1 aliphatic carbocycles. The zero-order valence-corrected chi connectivity index (χ0v) is 22.3. The molecular formula is C29H30BN3O6. The molecular weight excluding hydrogens is 497 g/mol. The van der Waals surface area contributed by atoms with Gasteiger partial charge in [-0.05, 0) is 55.4 Å². The number of carboxylic acid groups (broad SMARTS) is 1. The molecule has 5 rings (SSSR count). The highest BCUT2D eigenvalue weighted by Crippen LogP contribution is 2.44. The highest BCUT2D eigenvalue weighted by atomic mass is 16.7. The second-order valence-electron chi connectivity index (χ2n) is 10.6. The van der Waals surface area contributed by atoms with Crippen LogP contribution in [0.5, 0.6) is 0 Å². The Balaban J connectivity index is 1.30. The van der Waals surface area contributed by atoms with Gasteiger partial charge in [-0.2, -0.15) is 0 Å². The first-order valence-electron chi connectivity index (χ1n) is 12.8. The number of ether oxygens (including phenoxy) is 1. The number of nitrogens with one attached hydrogen (secondary N) is 1. The molecule has 1 amide bonds. The summed E-state index contributed by atoms with van der Waals surface area (Å²) < 4.78 is 18.1. The van der Waals surface area contributed by atoms with E-state index in [1.54, 1.807) is 6.08 Å².